The van der Waals surface area contributed by atoms with Gasteiger partial charge in [0.05, 0.1) is 11.6 Å². The van der Waals surface area contributed by atoms with Crippen LogP contribution in [-0.4, -0.2) is 38.0 Å². The fourth-order valence-electron chi connectivity index (χ4n) is 5.16. The van der Waals surface area contributed by atoms with Crippen LogP contribution in [0, 0.1) is 11.8 Å². The van der Waals surface area contributed by atoms with Gasteiger partial charge in [0.15, 0.2) is 5.65 Å². The Morgan fingerprint density at radius 1 is 1.07 bits per heavy atom. The molecule has 1 aliphatic heterocycles. The van der Waals surface area contributed by atoms with Gasteiger partial charge in [-0.15, -0.1) is 0 Å². The van der Waals surface area contributed by atoms with E-state index in [4.69, 9.17) is 0 Å². The molecule has 3 aliphatic rings. The number of amides is 1. The van der Waals surface area contributed by atoms with E-state index in [0.29, 0.717) is 24.8 Å². The van der Waals surface area contributed by atoms with Gasteiger partial charge in [-0.05, 0) is 62.5 Å². The van der Waals surface area contributed by atoms with Crippen LogP contribution >= 0.6 is 0 Å². The molecule has 0 spiro atoms. The number of carbonyl (C=O) groups is 1. The summed E-state index contributed by atoms with van der Waals surface area (Å²) in [6, 6.07) is 3.95. The molecule has 5 rings (SSSR count). The topological polar surface area (TPSA) is 60.1 Å². The van der Waals surface area contributed by atoms with Crippen molar-refractivity contribution >= 4 is 17.1 Å². The van der Waals surface area contributed by atoms with Gasteiger partial charge in [-0.3, -0.25) is 13.9 Å². The first-order chi connectivity index (χ1) is 13.7. The van der Waals surface area contributed by atoms with Gasteiger partial charge in [0, 0.05) is 32.3 Å². The second-order valence-corrected chi connectivity index (χ2v) is 9.04. The number of carbonyl (C=O) groups excluding carboxylic acids is 1. The lowest BCUT2D eigenvalue weighted by molar-refractivity contribution is -0.133. The largest absolute Gasteiger partial charge is 0.341 e. The average molecular weight is 383 g/mol. The molecule has 2 aromatic heterocycles. The summed E-state index contributed by atoms with van der Waals surface area (Å²) in [4.78, 5) is 32.7. The van der Waals surface area contributed by atoms with E-state index in [9.17, 15) is 9.59 Å². The van der Waals surface area contributed by atoms with Crippen molar-refractivity contribution in [1.29, 1.82) is 0 Å². The van der Waals surface area contributed by atoms with Crippen molar-refractivity contribution in [3.8, 4) is 0 Å². The summed E-state index contributed by atoms with van der Waals surface area (Å²) in [6.07, 6.45) is 11.7. The van der Waals surface area contributed by atoms with Crippen LogP contribution in [0.4, 0.5) is 0 Å². The van der Waals surface area contributed by atoms with Crippen LogP contribution in [0.25, 0.3) is 11.2 Å². The molecule has 6 nitrogen and oxygen atoms in total. The molecule has 2 aliphatic carbocycles. The Morgan fingerprint density at radius 3 is 2.68 bits per heavy atom. The van der Waals surface area contributed by atoms with Gasteiger partial charge >= 0.3 is 5.69 Å². The van der Waals surface area contributed by atoms with Crippen molar-refractivity contribution < 1.29 is 4.79 Å². The summed E-state index contributed by atoms with van der Waals surface area (Å²) in [5.74, 6) is 1.48. The van der Waals surface area contributed by atoms with Crippen molar-refractivity contribution in [2.75, 3.05) is 13.1 Å². The number of hydrogen-bond acceptors (Lipinski definition) is 3. The molecule has 1 amide bonds. The normalized spacial score (nSPS) is 23.6. The highest BCUT2D eigenvalue weighted by Crippen LogP contribution is 2.32. The van der Waals surface area contributed by atoms with Crippen molar-refractivity contribution in [2.45, 2.75) is 70.4 Å². The Morgan fingerprint density at radius 2 is 1.89 bits per heavy atom. The maximum Gasteiger partial charge on any atom is 0.330 e. The third kappa shape index (κ3) is 3.38. The number of rotatable bonds is 5. The number of pyridine rings is 1. The van der Waals surface area contributed by atoms with E-state index in [0.717, 1.165) is 37.1 Å². The predicted molar refractivity (Wildman–Crippen MR) is 108 cm³/mol. The third-order valence-electron chi connectivity index (χ3n) is 6.91. The molecule has 3 fully saturated rings. The molecule has 0 N–H and O–H groups in total. The van der Waals surface area contributed by atoms with E-state index in [2.05, 4.69) is 4.98 Å². The minimum atomic E-state index is 0.0339. The number of aromatic nitrogens is 3. The van der Waals surface area contributed by atoms with Gasteiger partial charge in [-0.2, -0.15) is 0 Å². The van der Waals surface area contributed by atoms with Crippen LogP contribution < -0.4 is 5.69 Å². The second-order valence-electron chi connectivity index (χ2n) is 9.04. The summed E-state index contributed by atoms with van der Waals surface area (Å²) in [6.45, 7) is 2.26. The molecule has 3 heterocycles. The van der Waals surface area contributed by atoms with Crippen LogP contribution in [0.15, 0.2) is 23.1 Å². The molecule has 0 aromatic carbocycles. The molecule has 0 radical (unpaired) electrons. The fourth-order valence-corrected chi connectivity index (χ4v) is 5.16. The summed E-state index contributed by atoms with van der Waals surface area (Å²) >= 11 is 0. The summed E-state index contributed by atoms with van der Waals surface area (Å²) in [5.41, 5.74) is 1.77. The number of nitrogens with zero attached hydrogens (tertiary/aromatic N) is 4. The molecule has 6 heteroatoms. The van der Waals surface area contributed by atoms with Crippen molar-refractivity contribution in [3.05, 3.63) is 28.8 Å². The monoisotopic (exact) mass is 382 g/mol. The fraction of sp³-hybridized carbons (Fsp3) is 0.682. The van der Waals surface area contributed by atoms with Crippen LogP contribution in [0.3, 0.4) is 0 Å². The molecule has 2 saturated carbocycles. The van der Waals surface area contributed by atoms with Crippen LogP contribution in [0.2, 0.25) is 0 Å². The lowest BCUT2D eigenvalue weighted by Gasteiger charge is -2.33. The smallest absolute Gasteiger partial charge is 0.330 e. The SMILES string of the molecule is O=C(CC1CCCC1)N1CCC[C@H](n2c(=O)n(CC3CC3)c3cccnc32)C1. The quantitative estimate of drug-likeness (QED) is 0.797. The number of imidazole rings is 1. The van der Waals surface area contributed by atoms with Crippen molar-refractivity contribution in [3.63, 3.8) is 0 Å². The van der Waals surface area contributed by atoms with Crippen LogP contribution in [-0.2, 0) is 11.3 Å². The molecular formula is C22H30N4O2. The van der Waals surface area contributed by atoms with Gasteiger partial charge in [0.25, 0.3) is 0 Å². The van der Waals surface area contributed by atoms with E-state index >= 15 is 0 Å². The minimum absolute atomic E-state index is 0.0339. The van der Waals surface area contributed by atoms with Gasteiger partial charge in [-0.25, -0.2) is 9.78 Å². The van der Waals surface area contributed by atoms with Gasteiger partial charge in [-0.1, -0.05) is 12.8 Å². The first-order valence-corrected chi connectivity index (χ1v) is 11.0. The number of fused-ring (bicyclic) bond motifs is 1. The predicted octanol–water partition coefficient (Wildman–Crippen LogP) is 3.35. The molecule has 1 saturated heterocycles. The van der Waals surface area contributed by atoms with E-state index < -0.39 is 0 Å². The summed E-state index contributed by atoms with van der Waals surface area (Å²) in [7, 11) is 0. The maximum absolute atomic E-state index is 13.3. The Balaban J connectivity index is 1.40. The molecular weight excluding hydrogens is 352 g/mol. The number of likely N-dealkylation sites (tertiary alicyclic amines) is 1. The zero-order valence-electron chi connectivity index (χ0n) is 16.6. The first-order valence-electron chi connectivity index (χ1n) is 11.0. The van der Waals surface area contributed by atoms with Crippen LogP contribution in [0.1, 0.15) is 63.8 Å². The molecule has 28 heavy (non-hydrogen) atoms. The van der Waals surface area contributed by atoms with Gasteiger partial charge < -0.3 is 4.90 Å². The highest BCUT2D eigenvalue weighted by Gasteiger charge is 2.31. The number of piperidine rings is 1. The third-order valence-corrected chi connectivity index (χ3v) is 6.91. The Bertz CT molecular complexity index is 920. The van der Waals surface area contributed by atoms with E-state index in [1.165, 1.54) is 38.5 Å². The van der Waals surface area contributed by atoms with E-state index in [1.54, 1.807) is 6.20 Å². The molecule has 1 atom stereocenters. The van der Waals surface area contributed by atoms with Crippen molar-refractivity contribution in [1.82, 2.24) is 19.0 Å². The Kier molecular flexibility index (Phi) is 4.73. The number of hydrogen-bond donors (Lipinski definition) is 0. The summed E-state index contributed by atoms with van der Waals surface area (Å²) in [5, 5.41) is 0. The Labute approximate surface area is 165 Å². The highest BCUT2D eigenvalue weighted by atomic mass is 16.2. The summed E-state index contributed by atoms with van der Waals surface area (Å²) < 4.78 is 3.80. The molecule has 150 valence electrons. The Hall–Kier alpha value is -2.11. The van der Waals surface area contributed by atoms with Gasteiger partial charge in [0.2, 0.25) is 5.91 Å². The van der Waals surface area contributed by atoms with Crippen LogP contribution in [0.5, 0.6) is 0 Å². The molecule has 0 unspecified atom stereocenters. The second kappa shape index (κ2) is 7.37. The first kappa shape index (κ1) is 18.0. The standard InChI is InChI=1S/C22H30N4O2/c27-20(13-16-5-1-2-6-16)24-12-4-7-18(15-24)26-21-19(8-3-11-23-21)25(22(26)28)14-17-9-10-17/h3,8,11,16-18H,1-2,4-7,9-10,12-15H2/t18-/m0/s1. The maximum atomic E-state index is 13.3. The molecule has 0 bridgehead atoms. The zero-order valence-corrected chi connectivity index (χ0v) is 16.6. The van der Waals surface area contributed by atoms with Gasteiger partial charge in [0.1, 0.15) is 0 Å². The lowest BCUT2D eigenvalue weighted by Crippen LogP contribution is -2.43. The highest BCUT2D eigenvalue weighted by molar-refractivity contribution is 5.76. The average Bonchev–Trinajstić information content (AvgIpc) is 3.31. The lowest BCUT2D eigenvalue weighted by atomic mass is 10.0. The van der Waals surface area contributed by atoms with E-state index in [-0.39, 0.29) is 17.6 Å². The minimum Gasteiger partial charge on any atom is -0.341 e. The van der Waals surface area contributed by atoms with E-state index in [1.807, 2.05) is 26.2 Å². The van der Waals surface area contributed by atoms with Crippen molar-refractivity contribution in [2.24, 2.45) is 11.8 Å². The molecule has 2 aromatic rings. The zero-order chi connectivity index (χ0) is 19.1.